The summed E-state index contributed by atoms with van der Waals surface area (Å²) in [6.07, 6.45) is -0.109. The van der Waals surface area contributed by atoms with Crippen molar-refractivity contribution in [3.05, 3.63) is 71.8 Å². The SMILES string of the molecule is CC(C)C[C@H](N)C(=O)N(C(=O)[C@H](CCCN=C(N)N)NC(=O)OCc1ccccc1)[C@H](CNC(=O)C#Cc1ccccc1)C(C)C. The van der Waals surface area contributed by atoms with Gasteiger partial charge in [-0.2, -0.15) is 0 Å². The Labute approximate surface area is 271 Å². The number of hydrogen-bond acceptors (Lipinski definition) is 7. The molecule has 4 amide bonds. The Hall–Kier alpha value is -4.89. The van der Waals surface area contributed by atoms with Gasteiger partial charge in [0, 0.05) is 24.6 Å². The minimum Gasteiger partial charge on any atom is -0.445 e. The van der Waals surface area contributed by atoms with Crippen LogP contribution in [0, 0.1) is 23.7 Å². The number of nitrogens with one attached hydrogen (secondary N) is 2. The highest BCUT2D eigenvalue weighted by Crippen LogP contribution is 2.18. The Morgan fingerprint density at radius 1 is 0.935 bits per heavy atom. The van der Waals surface area contributed by atoms with Crippen molar-refractivity contribution in [2.45, 2.75) is 71.7 Å². The zero-order chi connectivity index (χ0) is 34.1. The third kappa shape index (κ3) is 13.4. The van der Waals surface area contributed by atoms with Crippen molar-refractivity contribution < 1.29 is 23.9 Å². The van der Waals surface area contributed by atoms with E-state index in [1.807, 2.05) is 64.1 Å². The summed E-state index contributed by atoms with van der Waals surface area (Å²) < 4.78 is 5.37. The van der Waals surface area contributed by atoms with Crippen molar-refractivity contribution in [3.63, 3.8) is 0 Å². The number of carbonyl (C=O) groups is 4. The molecule has 8 N–H and O–H groups in total. The summed E-state index contributed by atoms with van der Waals surface area (Å²) in [6, 6.07) is 15.1. The van der Waals surface area contributed by atoms with Crippen LogP contribution in [-0.4, -0.2) is 65.9 Å². The fourth-order valence-electron chi connectivity index (χ4n) is 4.58. The van der Waals surface area contributed by atoms with E-state index in [9.17, 15) is 19.2 Å². The number of amides is 4. The average molecular weight is 634 g/mol. The summed E-state index contributed by atoms with van der Waals surface area (Å²) in [4.78, 5) is 58.8. The first kappa shape index (κ1) is 37.3. The number of rotatable bonds is 15. The number of ether oxygens (including phenoxy) is 1. The average Bonchev–Trinajstić information content (AvgIpc) is 3.02. The van der Waals surface area contributed by atoms with E-state index >= 15 is 0 Å². The van der Waals surface area contributed by atoms with Gasteiger partial charge in [-0.3, -0.25) is 24.3 Å². The van der Waals surface area contributed by atoms with Gasteiger partial charge < -0.3 is 32.6 Å². The lowest BCUT2D eigenvalue weighted by Gasteiger charge is -2.37. The van der Waals surface area contributed by atoms with Crippen LogP contribution in [-0.2, 0) is 25.7 Å². The van der Waals surface area contributed by atoms with Crippen molar-refractivity contribution in [2.24, 2.45) is 34.0 Å². The Kier molecular flexibility index (Phi) is 15.8. The van der Waals surface area contributed by atoms with E-state index in [0.29, 0.717) is 18.4 Å². The zero-order valence-electron chi connectivity index (χ0n) is 27.1. The van der Waals surface area contributed by atoms with E-state index < -0.39 is 41.9 Å². The molecule has 0 aromatic heterocycles. The molecule has 0 fully saturated rings. The standard InChI is InChI=1S/C34H47N7O5/c1-23(2)20-27(35)31(43)41(29(24(3)4)21-39-30(42)18-17-25-12-7-5-8-13-25)32(44)28(16-11-19-38-33(36)37)40-34(45)46-22-26-14-9-6-10-15-26/h5-10,12-15,23-24,27-29H,11,16,19-22,35H2,1-4H3,(H,39,42)(H,40,45)(H4,36,37,38)/t27-,28-,29+/m0/s1. The van der Waals surface area contributed by atoms with Crippen LogP contribution in [0.3, 0.4) is 0 Å². The van der Waals surface area contributed by atoms with Gasteiger partial charge in [-0.1, -0.05) is 82.1 Å². The number of benzene rings is 2. The topological polar surface area (TPSA) is 195 Å². The smallest absolute Gasteiger partial charge is 0.408 e. The van der Waals surface area contributed by atoms with Gasteiger partial charge in [0.2, 0.25) is 5.91 Å². The number of imide groups is 1. The Balaban J connectivity index is 2.36. The van der Waals surface area contributed by atoms with Gasteiger partial charge in [0.25, 0.3) is 11.8 Å². The lowest BCUT2D eigenvalue weighted by Crippen LogP contribution is -2.61. The van der Waals surface area contributed by atoms with E-state index in [0.717, 1.165) is 10.5 Å². The maximum Gasteiger partial charge on any atom is 0.408 e. The molecule has 248 valence electrons. The number of guanidine groups is 1. The lowest BCUT2D eigenvalue weighted by molar-refractivity contribution is -0.151. The maximum atomic E-state index is 14.3. The Bertz CT molecular complexity index is 1370. The summed E-state index contributed by atoms with van der Waals surface area (Å²) in [5, 5.41) is 5.35. The molecule has 0 aliphatic heterocycles. The van der Waals surface area contributed by atoms with Crippen LogP contribution in [0.15, 0.2) is 65.7 Å². The zero-order valence-corrected chi connectivity index (χ0v) is 27.1. The van der Waals surface area contributed by atoms with Crippen LogP contribution >= 0.6 is 0 Å². The molecule has 46 heavy (non-hydrogen) atoms. The third-order valence-corrected chi connectivity index (χ3v) is 6.93. The van der Waals surface area contributed by atoms with Gasteiger partial charge in [0.05, 0.1) is 12.1 Å². The largest absolute Gasteiger partial charge is 0.445 e. The highest BCUT2D eigenvalue weighted by atomic mass is 16.5. The van der Waals surface area contributed by atoms with E-state index in [1.54, 1.807) is 24.3 Å². The van der Waals surface area contributed by atoms with Crippen LogP contribution < -0.4 is 27.8 Å². The summed E-state index contributed by atoms with van der Waals surface area (Å²) in [5.41, 5.74) is 18.6. The van der Waals surface area contributed by atoms with E-state index in [4.69, 9.17) is 21.9 Å². The molecule has 0 spiro atoms. The molecule has 2 aromatic carbocycles. The predicted octanol–water partition coefficient (Wildman–Crippen LogP) is 2.26. The van der Waals surface area contributed by atoms with Crippen LogP contribution in [0.25, 0.3) is 0 Å². The van der Waals surface area contributed by atoms with Crippen molar-refractivity contribution in [2.75, 3.05) is 13.1 Å². The molecular formula is C34H47N7O5. The second kappa shape index (κ2) is 19.5. The molecule has 2 rings (SSSR count). The van der Waals surface area contributed by atoms with Crippen molar-refractivity contribution in [1.82, 2.24) is 15.5 Å². The summed E-state index contributed by atoms with van der Waals surface area (Å²) in [6.45, 7) is 7.58. The maximum absolute atomic E-state index is 14.3. The fraction of sp³-hybridized carbons (Fsp3) is 0.441. The van der Waals surface area contributed by atoms with Crippen molar-refractivity contribution in [3.8, 4) is 11.8 Å². The quantitative estimate of drug-likeness (QED) is 0.0852. The monoisotopic (exact) mass is 633 g/mol. The van der Waals surface area contributed by atoms with Gasteiger partial charge >= 0.3 is 6.09 Å². The molecule has 0 bridgehead atoms. The minimum absolute atomic E-state index is 0.0197. The normalized spacial score (nSPS) is 12.6. The molecule has 0 aliphatic rings. The molecule has 0 radical (unpaired) electrons. The van der Waals surface area contributed by atoms with Gasteiger partial charge in [-0.15, -0.1) is 0 Å². The summed E-state index contributed by atoms with van der Waals surface area (Å²) in [7, 11) is 0. The highest BCUT2D eigenvalue weighted by Gasteiger charge is 2.38. The van der Waals surface area contributed by atoms with E-state index in [-0.39, 0.29) is 43.9 Å². The molecule has 2 aromatic rings. The van der Waals surface area contributed by atoms with Gasteiger partial charge in [0.1, 0.15) is 12.6 Å². The Morgan fingerprint density at radius 2 is 1.57 bits per heavy atom. The first-order valence-corrected chi connectivity index (χ1v) is 15.4. The first-order chi connectivity index (χ1) is 21.9. The molecule has 0 unspecified atom stereocenters. The number of alkyl carbamates (subject to hydrolysis) is 1. The van der Waals surface area contributed by atoms with Crippen molar-refractivity contribution >= 4 is 29.8 Å². The second-order valence-electron chi connectivity index (χ2n) is 11.6. The molecule has 0 heterocycles. The van der Waals surface area contributed by atoms with Crippen LogP contribution in [0.4, 0.5) is 4.79 Å². The van der Waals surface area contributed by atoms with Crippen LogP contribution in [0.2, 0.25) is 0 Å². The lowest BCUT2D eigenvalue weighted by atomic mass is 9.97. The predicted molar refractivity (Wildman–Crippen MR) is 178 cm³/mol. The molecule has 3 atom stereocenters. The molecule has 0 saturated heterocycles. The molecule has 12 nitrogen and oxygen atoms in total. The van der Waals surface area contributed by atoms with Crippen LogP contribution in [0.5, 0.6) is 0 Å². The number of nitrogens with two attached hydrogens (primary N) is 3. The summed E-state index contributed by atoms with van der Waals surface area (Å²) >= 11 is 0. The number of aliphatic imine (C=N–C) groups is 1. The van der Waals surface area contributed by atoms with E-state index in [2.05, 4.69) is 27.5 Å². The van der Waals surface area contributed by atoms with Gasteiger partial charge in [-0.05, 0) is 48.8 Å². The first-order valence-electron chi connectivity index (χ1n) is 15.4. The second-order valence-corrected chi connectivity index (χ2v) is 11.6. The van der Waals surface area contributed by atoms with Crippen molar-refractivity contribution in [1.29, 1.82) is 0 Å². The fourth-order valence-corrected chi connectivity index (χ4v) is 4.58. The number of carbonyl (C=O) groups excluding carboxylic acids is 4. The molecule has 0 aliphatic carbocycles. The summed E-state index contributed by atoms with van der Waals surface area (Å²) in [5.74, 6) is 3.12. The molecular weight excluding hydrogens is 586 g/mol. The van der Waals surface area contributed by atoms with E-state index in [1.165, 1.54) is 0 Å². The van der Waals surface area contributed by atoms with Gasteiger partial charge in [-0.25, -0.2) is 4.79 Å². The number of hydrogen-bond donors (Lipinski definition) is 5. The molecule has 12 heteroatoms. The third-order valence-electron chi connectivity index (χ3n) is 6.93. The molecule has 0 saturated carbocycles. The Morgan fingerprint density at radius 3 is 2.15 bits per heavy atom. The highest BCUT2D eigenvalue weighted by molar-refractivity contribution is 6.01. The minimum atomic E-state index is -1.18. The number of nitrogens with zero attached hydrogens (tertiary/aromatic N) is 2. The van der Waals surface area contributed by atoms with Gasteiger partial charge in [0.15, 0.2) is 5.96 Å². The van der Waals surface area contributed by atoms with Crippen LogP contribution in [0.1, 0.15) is 58.1 Å².